The van der Waals surface area contributed by atoms with E-state index in [9.17, 15) is 9.59 Å². The first-order valence-electron chi connectivity index (χ1n) is 6.13. The highest BCUT2D eigenvalue weighted by Gasteiger charge is 2.14. The minimum atomic E-state index is -0.614. The monoisotopic (exact) mass is 348 g/mol. The van der Waals surface area contributed by atoms with Crippen LogP contribution in [-0.2, 0) is 9.53 Å². The highest BCUT2D eigenvalue weighted by molar-refractivity contribution is 9.10. The van der Waals surface area contributed by atoms with Crippen LogP contribution in [0.4, 0.5) is 11.4 Å². The Morgan fingerprint density at radius 3 is 2.57 bits per heavy atom. The minimum Gasteiger partial charge on any atom is -0.452 e. The summed E-state index contributed by atoms with van der Waals surface area (Å²) in [5.74, 6) is -1.02. The van der Waals surface area contributed by atoms with Crippen molar-refractivity contribution in [3.05, 3.63) is 58.6 Å². The van der Waals surface area contributed by atoms with Gasteiger partial charge < -0.3 is 15.8 Å². The van der Waals surface area contributed by atoms with Gasteiger partial charge in [0.2, 0.25) is 0 Å². The molecule has 0 aliphatic carbocycles. The number of rotatable bonds is 4. The smallest absolute Gasteiger partial charge is 0.339 e. The van der Waals surface area contributed by atoms with E-state index in [0.29, 0.717) is 15.8 Å². The molecule has 0 saturated heterocycles. The predicted octanol–water partition coefficient (Wildman–Crippen LogP) is 2.83. The minimum absolute atomic E-state index is 0.280. The van der Waals surface area contributed by atoms with Gasteiger partial charge in [0.05, 0.1) is 5.56 Å². The number of para-hydroxylation sites is 1. The Morgan fingerprint density at radius 2 is 1.86 bits per heavy atom. The maximum absolute atomic E-state index is 11.9. The summed E-state index contributed by atoms with van der Waals surface area (Å²) in [6.45, 7) is -0.366. The maximum Gasteiger partial charge on any atom is 0.339 e. The lowest BCUT2D eigenvalue weighted by molar-refractivity contribution is -0.119. The molecule has 21 heavy (non-hydrogen) atoms. The number of anilines is 2. The summed E-state index contributed by atoms with van der Waals surface area (Å²) in [6.07, 6.45) is 0. The molecule has 0 atom stereocenters. The van der Waals surface area contributed by atoms with Crippen LogP contribution in [0.1, 0.15) is 10.4 Å². The van der Waals surface area contributed by atoms with E-state index < -0.39 is 11.9 Å². The van der Waals surface area contributed by atoms with Crippen LogP contribution in [0, 0.1) is 0 Å². The van der Waals surface area contributed by atoms with Crippen molar-refractivity contribution in [3.63, 3.8) is 0 Å². The zero-order valence-electron chi connectivity index (χ0n) is 11.0. The van der Waals surface area contributed by atoms with Crippen molar-refractivity contribution in [2.45, 2.75) is 0 Å². The van der Waals surface area contributed by atoms with Crippen LogP contribution in [0.5, 0.6) is 0 Å². The summed E-state index contributed by atoms with van der Waals surface area (Å²) in [7, 11) is 0. The number of halogens is 1. The van der Waals surface area contributed by atoms with Gasteiger partial charge in [0.1, 0.15) is 0 Å². The number of benzene rings is 2. The van der Waals surface area contributed by atoms with E-state index in [1.807, 2.05) is 6.07 Å². The first-order chi connectivity index (χ1) is 10.1. The number of hydrogen-bond donors (Lipinski definition) is 2. The summed E-state index contributed by atoms with van der Waals surface area (Å²) in [6, 6.07) is 13.7. The Labute approximate surface area is 130 Å². The Bertz CT molecular complexity index is 659. The van der Waals surface area contributed by atoms with Crippen molar-refractivity contribution in [2.75, 3.05) is 17.7 Å². The van der Waals surface area contributed by atoms with Gasteiger partial charge >= 0.3 is 5.97 Å². The first-order valence-corrected chi connectivity index (χ1v) is 6.92. The largest absolute Gasteiger partial charge is 0.452 e. The lowest BCUT2D eigenvalue weighted by atomic mass is 10.2. The molecule has 2 rings (SSSR count). The molecule has 0 bridgehead atoms. The lowest BCUT2D eigenvalue weighted by Gasteiger charge is -2.08. The van der Waals surface area contributed by atoms with Gasteiger partial charge in [0.15, 0.2) is 6.61 Å². The van der Waals surface area contributed by atoms with Gasteiger partial charge in [-0.25, -0.2) is 4.79 Å². The topological polar surface area (TPSA) is 81.4 Å². The molecule has 2 aromatic rings. The number of nitrogen functional groups attached to an aromatic ring is 1. The Hall–Kier alpha value is -2.34. The van der Waals surface area contributed by atoms with Crippen LogP contribution in [0.25, 0.3) is 0 Å². The van der Waals surface area contributed by atoms with Crippen LogP contribution >= 0.6 is 15.9 Å². The summed E-state index contributed by atoms with van der Waals surface area (Å²) < 4.78 is 5.52. The second-order valence-electron chi connectivity index (χ2n) is 4.23. The standard InChI is InChI=1S/C15H13BrN2O3/c16-13-7-6-10(17)8-12(13)15(20)21-9-14(19)18-11-4-2-1-3-5-11/h1-8H,9,17H2,(H,18,19). The molecule has 0 spiro atoms. The third-order valence-corrected chi connectivity index (χ3v) is 3.29. The van der Waals surface area contributed by atoms with Gasteiger partial charge in [0.25, 0.3) is 5.91 Å². The molecule has 3 N–H and O–H groups in total. The van der Waals surface area contributed by atoms with E-state index in [4.69, 9.17) is 10.5 Å². The number of amides is 1. The zero-order chi connectivity index (χ0) is 15.2. The van der Waals surface area contributed by atoms with E-state index in [-0.39, 0.29) is 12.2 Å². The quantitative estimate of drug-likeness (QED) is 0.657. The van der Waals surface area contributed by atoms with Gasteiger partial charge in [-0.2, -0.15) is 0 Å². The Morgan fingerprint density at radius 1 is 1.14 bits per heavy atom. The fraction of sp³-hybridized carbons (Fsp3) is 0.0667. The van der Waals surface area contributed by atoms with Crippen molar-refractivity contribution >= 4 is 39.2 Å². The maximum atomic E-state index is 11.9. The molecule has 0 fully saturated rings. The van der Waals surface area contributed by atoms with Gasteiger partial charge in [-0.1, -0.05) is 18.2 Å². The molecule has 5 nitrogen and oxygen atoms in total. The van der Waals surface area contributed by atoms with Crippen LogP contribution in [0.15, 0.2) is 53.0 Å². The van der Waals surface area contributed by atoms with Gasteiger partial charge in [0, 0.05) is 15.8 Å². The van der Waals surface area contributed by atoms with Crippen LogP contribution < -0.4 is 11.1 Å². The van der Waals surface area contributed by atoms with Gasteiger partial charge in [-0.3, -0.25) is 4.79 Å². The van der Waals surface area contributed by atoms with E-state index in [1.54, 1.807) is 36.4 Å². The average molecular weight is 349 g/mol. The number of carbonyl (C=O) groups excluding carboxylic acids is 2. The number of carbonyl (C=O) groups is 2. The highest BCUT2D eigenvalue weighted by atomic mass is 79.9. The highest BCUT2D eigenvalue weighted by Crippen LogP contribution is 2.20. The Kier molecular flexibility index (Phi) is 4.94. The molecular weight excluding hydrogens is 336 g/mol. The number of hydrogen-bond acceptors (Lipinski definition) is 4. The molecule has 108 valence electrons. The first kappa shape index (κ1) is 15.1. The molecule has 6 heteroatoms. The van der Waals surface area contributed by atoms with E-state index in [1.165, 1.54) is 6.07 Å². The Balaban J connectivity index is 1.92. The van der Waals surface area contributed by atoms with Crippen molar-refractivity contribution in [3.8, 4) is 0 Å². The summed E-state index contributed by atoms with van der Waals surface area (Å²) in [5.41, 5.74) is 6.98. The molecule has 0 heterocycles. The summed E-state index contributed by atoms with van der Waals surface area (Å²) in [4.78, 5) is 23.6. The van der Waals surface area contributed by atoms with Crippen LogP contribution in [-0.4, -0.2) is 18.5 Å². The lowest BCUT2D eigenvalue weighted by Crippen LogP contribution is -2.21. The normalized spacial score (nSPS) is 9.95. The summed E-state index contributed by atoms with van der Waals surface area (Å²) >= 11 is 3.23. The fourth-order valence-electron chi connectivity index (χ4n) is 1.63. The molecule has 0 aromatic heterocycles. The van der Waals surface area contributed by atoms with Crippen molar-refractivity contribution in [1.82, 2.24) is 0 Å². The van der Waals surface area contributed by atoms with Crippen LogP contribution in [0.3, 0.4) is 0 Å². The molecule has 1 amide bonds. The third-order valence-electron chi connectivity index (χ3n) is 2.60. The van der Waals surface area contributed by atoms with Gasteiger partial charge in [-0.05, 0) is 46.3 Å². The van der Waals surface area contributed by atoms with E-state index in [0.717, 1.165) is 0 Å². The number of nitrogens with one attached hydrogen (secondary N) is 1. The van der Waals surface area contributed by atoms with Crippen molar-refractivity contribution in [2.24, 2.45) is 0 Å². The second-order valence-corrected chi connectivity index (χ2v) is 5.08. The third kappa shape index (κ3) is 4.32. The molecule has 0 aliphatic rings. The molecule has 2 aromatic carbocycles. The molecular formula is C15H13BrN2O3. The molecule has 0 aliphatic heterocycles. The van der Waals surface area contributed by atoms with E-state index in [2.05, 4.69) is 21.2 Å². The molecule has 0 radical (unpaired) electrons. The van der Waals surface area contributed by atoms with E-state index >= 15 is 0 Å². The fourth-order valence-corrected chi connectivity index (χ4v) is 2.04. The average Bonchev–Trinajstić information content (AvgIpc) is 2.48. The SMILES string of the molecule is Nc1ccc(Br)c(C(=O)OCC(=O)Nc2ccccc2)c1. The molecule has 0 unspecified atom stereocenters. The van der Waals surface area contributed by atoms with Crippen molar-refractivity contribution < 1.29 is 14.3 Å². The second kappa shape index (κ2) is 6.90. The number of esters is 1. The number of nitrogens with two attached hydrogens (primary N) is 1. The van der Waals surface area contributed by atoms with Crippen molar-refractivity contribution in [1.29, 1.82) is 0 Å². The number of ether oxygens (including phenoxy) is 1. The molecule has 0 saturated carbocycles. The van der Waals surface area contributed by atoms with Gasteiger partial charge in [-0.15, -0.1) is 0 Å². The van der Waals surface area contributed by atoms with Crippen LogP contribution in [0.2, 0.25) is 0 Å². The predicted molar refractivity (Wildman–Crippen MR) is 83.9 cm³/mol. The summed E-state index contributed by atoms with van der Waals surface area (Å²) in [5, 5.41) is 2.62. The zero-order valence-corrected chi connectivity index (χ0v) is 12.6.